The van der Waals surface area contributed by atoms with E-state index < -0.39 is 0 Å². The van der Waals surface area contributed by atoms with Crippen molar-refractivity contribution in [2.24, 2.45) is 0 Å². The molecule has 0 aromatic heterocycles. The molecule has 3 rings (SSSR count). The number of fused-ring (bicyclic) bond motifs is 1. The molecule has 108 valence electrons. The fourth-order valence-electron chi connectivity index (χ4n) is 3.02. The van der Waals surface area contributed by atoms with E-state index in [4.69, 9.17) is 4.74 Å². The lowest BCUT2D eigenvalue weighted by Gasteiger charge is -2.28. The number of rotatable bonds is 3. The molecule has 20 heavy (non-hydrogen) atoms. The molecule has 0 spiro atoms. The van der Waals surface area contributed by atoms with Crippen LogP contribution in [-0.4, -0.2) is 37.0 Å². The number of hydrogen-bond donors (Lipinski definition) is 1. The maximum absolute atomic E-state index is 12.5. The largest absolute Gasteiger partial charge is 0.372 e. The highest BCUT2D eigenvalue weighted by atomic mass is 16.5. The average Bonchev–Trinajstić information content (AvgIpc) is 2.94. The SMILES string of the molecule is CN(CC1CCCCN1)C(=O)c1ccc2c(c1)COC2. The van der Waals surface area contributed by atoms with E-state index in [2.05, 4.69) is 5.32 Å². The summed E-state index contributed by atoms with van der Waals surface area (Å²) in [5.74, 6) is 0.104. The zero-order valence-corrected chi connectivity index (χ0v) is 12.0. The molecule has 2 aliphatic heterocycles. The van der Waals surface area contributed by atoms with Crippen LogP contribution in [0.3, 0.4) is 0 Å². The summed E-state index contributed by atoms with van der Waals surface area (Å²) in [6, 6.07) is 6.36. The fraction of sp³-hybridized carbons (Fsp3) is 0.562. The minimum absolute atomic E-state index is 0.104. The van der Waals surface area contributed by atoms with Crippen molar-refractivity contribution in [3.05, 3.63) is 34.9 Å². The minimum Gasteiger partial charge on any atom is -0.372 e. The van der Waals surface area contributed by atoms with E-state index in [1.54, 1.807) is 0 Å². The Labute approximate surface area is 120 Å². The molecule has 0 saturated carbocycles. The van der Waals surface area contributed by atoms with Crippen LogP contribution in [0.2, 0.25) is 0 Å². The van der Waals surface area contributed by atoms with Crippen LogP contribution in [0.4, 0.5) is 0 Å². The normalized spacial score (nSPS) is 21.6. The topological polar surface area (TPSA) is 41.6 Å². The molecule has 1 atom stereocenters. The van der Waals surface area contributed by atoms with E-state index in [9.17, 15) is 4.79 Å². The number of carbonyl (C=O) groups is 1. The monoisotopic (exact) mass is 274 g/mol. The summed E-state index contributed by atoms with van der Waals surface area (Å²) in [6.45, 7) is 3.16. The van der Waals surface area contributed by atoms with Gasteiger partial charge in [0, 0.05) is 25.2 Å². The summed E-state index contributed by atoms with van der Waals surface area (Å²) < 4.78 is 5.40. The number of nitrogens with zero attached hydrogens (tertiary/aromatic N) is 1. The molecule has 1 aromatic rings. The Hall–Kier alpha value is -1.39. The number of hydrogen-bond acceptors (Lipinski definition) is 3. The van der Waals surface area contributed by atoms with Crippen LogP contribution in [0, 0.1) is 0 Å². The van der Waals surface area contributed by atoms with Crippen molar-refractivity contribution >= 4 is 5.91 Å². The number of amides is 1. The third-order valence-electron chi connectivity index (χ3n) is 4.22. The van der Waals surface area contributed by atoms with Gasteiger partial charge in [-0.3, -0.25) is 4.79 Å². The van der Waals surface area contributed by atoms with Crippen LogP contribution in [-0.2, 0) is 18.0 Å². The van der Waals surface area contributed by atoms with Crippen LogP contribution >= 0.6 is 0 Å². The highest BCUT2D eigenvalue weighted by Crippen LogP contribution is 2.21. The van der Waals surface area contributed by atoms with Crippen LogP contribution < -0.4 is 5.32 Å². The van der Waals surface area contributed by atoms with Gasteiger partial charge in [-0.25, -0.2) is 0 Å². The number of piperidine rings is 1. The predicted octanol–water partition coefficient (Wildman–Crippen LogP) is 1.93. The van der Waals surface area contributed by atoms with Gasteiger partial charge in [0.15, 0.2) is 0 Å². The average molecular weight is 274 g/mol. The summed E-state index contributed by atoms with van der Waals surface area (Å²) in [5.41, 5.74) is 3.13. The highest BCUT2D eigenvalue weighted by molar-refractivity contribution is 5.94. The smallest absolute Gasteiger partial charge is 0.253 e. The molecule has 4 nitrogen and oxygen atoms in total. The Morgan fingerprint density at radius 1 is 1.35 bits per heavy atom. The first-order valence-electron chi connectivity index (χ1n) is 7.42. The Bertz CT molecular complexity index is 495. The van der Waals surface area contributed by atoms with Crippen LogP contribution in [0.5, 0.6) is 0 Å². The molecule has 2 aliphatic rings. The molecule has 1 unspecified atom stereocenters. The summed E-state index contributed by atoms with van der Waals surface area (Å²) >= 11 is 0. The van der Waals surface area contributed by atoms with E-state index in [0.717, 1.165) is 30.6 Å². The molecule has 1 fully saturated rings. The molecule has 0 aliphatic carbocycles. The first-order chi connectivity index (χ1) is 9.74. The van der Waals surface area contributed by atoms with E-state index in [-0.39, 0.29) is 5.91 Å². The third-order valence-corrected chi connectivity index (χ3v) is 4.22. The van der Waals surface area contributed by atoms with Gasteiger partial charge < -0.3 is 15.0 Å². The minimum atomic E-state index is 0.104. The van der Waals surface area contributed by atoms with Gasteiger partial charge in [-0.05, 0) is 42.6 Å². The summed E-state index contributed by atoms with van der Waals surface area (Å²) in [5, 5.41) is 3.48. The number of likely N-dealkylation sites (N-methyl/N-ethyl adjacent to an activating group) is 1. The van der Waals surface area contributed by atoms with E-state index in [1.807, 2.05) is 30.1 Å². The molecule has 1 N–H and O–H groups in total. The Kier molecular flexibility index (Phi) is 4.03. The van der Waals surface area contributed by atoms with Crippen molar-refractivity contribution in [2.75, 3.05) is 20.1 Å². The maximum atomic E-state index is 12.5. The standard InChI is InChI=1S/C16H22N2O2/c1-18(9-15-4-2-3-7-17-15)16(19)12-5-6-13-10-20-11-14(13)8-12/h5-6,8,15,17H,2-4,7,9-11H2,1H3. The third kappa shape index (κ3) is 2.86. The van der Waals surface area contributed by atoms with E-state index >= 15 is 0 Å². The first-order valence-corrected chi connectivity index (χ1v) is 7.42. The van der Waals surface area contributed by atoms with Crippen molar-refractivity contribution in [3.8, 4) is 0 Å². The number of ether oxygens (including phenoxy) is 1. The van der Waals surface area contributed by atoms with Gasteiger partial charge in [-0.2, -0.15) is 0 Å². The van der Waals surface area contributed by atoms with Crippen molar-refractivity contribution in [1.82, 2.24) is 10.2 Å². The summed E-state index contributed by atoms with van der Waals surface area (Å²) in [4.78, 5) is 14.3. The van der Waals surface area contributed by atoms with Gasteiger partial charge in [0.1, 0.15) is 0 Å². The zero-order chi connectivity index (χ0) is 13.9. The lowest BCUT2D eigenvalue weighted by molar-refractivity contribution is 0.0775. The molecule has 0 radical (unpaired) electrons. The van der Waals surface area contributed by atoms with E-state index in [0.29, 0.717) is 19.3 Å². The van der Waals surface area contributed by atoms with Crippen molar-refractivity contribution in [1.29, 1.82) is 0 Å². The molecular weight excluding hydrogens is 252 g/mol. The van der Waals surface area contributed by atoms with Crippen molar-refractivity contribution in [3.63, 3.8) is 0 Å². The number of benzene rings is 1. The van der Waals surface area contributed by atoms with Crippen LogP contribution in [0.1, 0.15) is 40.7 Å². The molecule has 4 heteroatoms. The molecular formula is C16H22N2O2. The summed E-state index contributed by atoms with van der Waals surface area (Å²) in [7, 11) is 1.89. The maximum Gasteiger partial charge on any atom is 0.253 e. The second-order valence-corrected chi connectivity index (χ2v) is 5.81. The van der Waals surface area contributed by atoms with Gasteiger partial charge in [0.2, 0.25) is 0 Å². The van der Waals surface area contributed by atoms with Crippen LogP contribution in [0.25, 0.3) is 0 Å². The molecule has 1 amide bonds. The Morgan fingerprint density at radius 3 is 3.00 bits per heavy atom. The predicted molar refractivity (Wildman–Crippen MR) is 77.5 cm³/mol. The second-order valence-electron chi connectivity index (χ2n) is 5.81. The van der Waals surface area contributed by atoms with Gasteiger partial charge in [-0.15, -0.1) is 0 Å². The van der Waals surface area contributed by atoms with Crippen molar-refractivity contribution in [2.45, 2.75) is 38.5 Å². The van der Waals surface area contributed by atoms with Gasteiger partial charge >= 0.3 is 0 Å². The van der Waals surface area contributed by atoms with Crippen molar-refractivity contribution < 1.29 is 9.53 Å². The molecule has 1 saturated heterocycles. The lowest BCUT2D eigenvalue weighted by Crippen LogP contribution is -2.44. The van der Waals surface area contributed by atoms with Crippen LogP contribution in [0.15, 0.2) is 18.2 Å². The lowest BCUT2D eigenvalue weighted by atomic mass is 10.0. The zero-order valence-electron chi connectivity index (χ0n) is 12.0. The number of carbonyl (C=O) groups excluding carboxylic acids is 1. The van der Waals surface area contributed by atoms with E-state index in [1.165, 1.54) is 18.4 Å². The molecule has 0 bridgehead atoms. The fourth-order valence-corrected chi connectivity index (χ4v) is 3.02. The summed E-state index contributed by atoms with van der Waals surface area (Å²) in [6.07, 6.45) is 3.67. The highest BCUT2D eigenvalue weighted by Gasteiger charge is 2.20. The molecule has 2 heterocycles. The first kappa shape index (κ1) is 13.6. The molecule has 1 aromatic carbocycles. The van der Waals surface area contributed by atoms with Gasteiger partial charge in [0.05, 0.1) is 13.2 Å². The van der Waals surface area contributed by atoms with Gasteiger partial charge in [0.25, 0.3) is 5.91 Å². The second kappa shape index (κ2) is 5.94. The Morgan fingerprint density at radius 2 is 2.20 bits per heavy atom. The number of nitrogens with one attached hydrogen (secondary N) is 1. The quantitative estimate of drug-likeness (QED) is 0.915. The Balaban J connectivity index is 1.65. The van der Waals surface area contributed by atoms with Gasteiger partial charge in [-0.1, -0.05) is 12.5 Å².